The van der Waals surface area contributed by atoms with Gasteiger partial charge < -0.3 is 15.8 Å². The van der Waals surface area contributed by atoms with Crippen molar-refractivity contribution in [3.63, 3.8) is 0 Å². The second kappa shape index (κ2) is 6.30. The zero-order chi connectivity index (χ0) is 12.8. The Balaban J connectivity index is 2.94. The van der Waals surface area contributed by atoms with Crippen LogP contribution < -0.4 is 15.8 Å². The Morgan fingerprint density at radius 3 is 2.71 bits per heavy atom. The van der Waals surface area contributed by atoms with E-state index in [0.29, 0.717) is 13.2 Å². The van der Waals surface area contributed by atoms with Gasteiger partial charge in [-0.05, 0) is 50.1 Å². The minimum Gasteiger partial charge on any atom is -0.493 e. The van der Waals surface area contributed by atoms with Gasteiger partial charge in [0.2, 0.25) is 0 Å². The van der Waals surface area contributed by atoms with E-state index in [1.807, 2.05) is 13.1 Å². The van der Waals surface area contributed by atoms with Gasteiger partial charge in [-0.1, -0.05) is 6.58 Å². The van der Waals surface area contributed by atoms with Crippen LogP contribution in [0.1, 0.15) is 23.1 Å². The second-order valence-corrected chi connectivity index (χ2v) is 4.14. The molecule has 1 aromatic rings. The first-order chi connectivity index (χ1) is 8.10. The van der Waals surface area contributed by atoms with Crippen LogP contribution in [0.25, 0.3) is 5.70 Å². The summed E-state index contributed by atoms with van der Waals surface area (Å²) in [5, 5.41) is 3.05. The van der Waals surface area contributed by atoms with E-state index < -0.39 is 0 Å². The van der Waals surface area contributed by atoms with Gasteiger partial charge in [-0.3, -0.25) is 0 Å². The van der Waals surface area contributed by atoms with Gasteiger partial charge in [0.1, 0.15) is 5.75 Å². The van der Waals surface area contributed by atoms with Crippen LogP contribution in [0.5, 0.6) is 5.75 Å². The van der Waals surface area contributed by atoms with Crippen LogP contribution in [0.15, 0.2) is 18.7 Å². The van der Waals surface area contributed by atoms with Gasteiger partial charge in [0.15, 0.2) is 0 Å². The van der Waals surface area contributed by atoms with Crippen molar-refractivity contribution in [2.45, 2.75) is 20.3 Å². The summed E-state index contributed by atoms with van der Waals surface area (Å²) in [4.78, 5) is 0. The van der Waals surface area contributed by atoms with E-state index in [1.165, 1.54) is 11.1 Å². The number of nitrogens with one attached hydrogen (secondary N) is 1. The Morgan fingerprint density at radius 2 is 2.12 bits per heavy atom. The smallest absolute Gasteiger partial charge is 0.123 e. The predicted octanol–water partition coefficient (Wildman–Crippen LogP) is 2.22. The molecule has 3 N–H and O–H groups in total. The maximum atomic E-state index is 5.74. The van der Waals surface area contributed by atoms with E-state index in [4.69, 9.17) is 10.5 Å². The highest BCUT2D eigenvalue weighted by molar-refractivity contribution is 5.65. The van der Waals surface area contributed by atoms with Crippen molar-refractivity contribution in [2.75, 3.05) is 20.2 Å². The molecule has 1 rings (SSSR count). The fourth-order valence-electron chi connectivity index (χ4n) is 1.56. The molecular weight excluding hydrogens is 212 g/mol. The van der Waals surface area contributed by atoms with Crippen molar-refractivity contribution in [1.29, 1.82) is 0 Å². The van der Waals surface area contributed by atoms with Gasteiger partial charge in [-0.2, -0.15) is 0 Å². The summed E-state index contributed by atoms with van der Waals surface area (Å²) >= 11 is 0. The molecule has 0 radical (unpaired) electrons. The predicted molar refractivity (Wildman–Crippen MR) is 73.2 cm³/mol. The third-order valence-electron chi connectivity index (χ3n) is 2.88. The second-order valence-electron chi connectivity index (χ2n) is 4.14. The molecule has 0 saturated carbocycles. The van der Waals surface area contributed by atoms with E-state index in [-0.39, 0.29) is 0 Å². The summed E-state index contributed by atoms with van der Waals surface area (Å²) < 4.78 is 5.74. The molecule has 0 spiro atoms. The number of nitrogens with two attached hydrogens (primary N) is 1. The van der Waals surface area contributed by atoms with E-state index in [2.05, 4.69) is 31.8 Å². The number of rotatable bonds is 6. The van der Waals surface area contributed by atoms with Crippen LogP contribution in [0.4, 0.5) is 0 Å². The molecule has 0 aliphatic heterocycles. The normalized spacial score (nSPS) is 10.1. The molecule has 0 aliphatic rings. The molecule has 0 fully saturated rings. The van der Waals surface area contributed by atoms with Crippen LogP contribution in [0.3, 0.4) is 0 Å². The lowest BCUT2D eigenvalue weighted by atomic mass is 10.0. The van der Waals surface area contributed by atoms with Crippen molar-refractivity contribution >= 4 is 5.70 Å². The summed E-state index contributed by atoms with van der Waals surface area (Å²) in [6.07, 6.45) is 0.871. The molecule has 0 heterocycles. The molecular formula is C14H22N2O. The van der Waals surface area contributed by atoms with Crippen molar-refractivity contribution in [3.8, 4) is 5.75 Å². The molecule has 0 bridgehead atoms. The van der Waals surface area contributed by atoms with Crippen molar-refractivity contribution in [1.82, 2.24) is 5.32 Å². The van der Waals surface area contributed by atoms with Gasteiger partial charge in [0.05, 0.1) is 6.61 Å². The van der Waals surface area contributed by atoms with Crippen LogP contribution >= 0.6 is 0 Å². The van der Waals surface area contributed by atoms with E-state index in [1.54, 1.807) is 0 Å². The number of benzene rings is 1. The molecule has 17 heavy (non-hydrogen) atoms. The highest BCUT2D eigenvalue weighted by Gasteiger charge is 2.07. The van der Waals surface area contributed by atoms with E-state index in [0.717, 1.165) is 23.4 Å². The van der Waals surface area contributed by atoms with Crippen molar-refractivity contribution < 1.29 is 4.74 Å². The van der Waals surface area contributed by atoms with Gasteiger partial charge in [0.25, 0.3) is 0 Å². The van der Waals surface area contributed by atoms with Gasteiger partial charge >= 0.3 is 0 Å². The maximum Gasteiger partial charge on any atom is 0.123 e. The number of ether oxygens (including phenoxy) is 1. The Hall–Kier alpha value is -1.48. The Labute approximate surface area is 104 Å². The summed E-state index contributed by atoms with van der Waals surface area (Å²) in [6.45, 7) is 9.43. The van der Waals surface area contributed by atoms with Crippen LogP contribution in [0, 0.1) is 13.8 Å². The molecule has 0 aromatic heterocycles. The Bertz CT molecular complexity index is 399. The lowest BCUT2D eigenvalue weighted by molar-refractivity contribution is 0.311. The Kier molecular flexibility index (Phi) is 5.04. The zero-order valence-electron chi connectivity index (χ0n) is 11.0. The molecule has 0 saturated heterocycles. The van der Waals surface area contributed by atoms with Crippen molar-refractivity contribution in [2.24, 2.45) is 5.73 Å². The fraction of sp³-hybridized carbons (Fsp3) is 0.429. The highest BCUT2D eigenvalue weighted by atomic mass is 16.5. The third-order valence-corrected chi connectivity index (χ3v) is 2.88. The monoisotopic (exact) mass is 234 g/mol. The third kappa shape index (κ3) is 3.49. The topological polar surface area (TPSA) is 47.3 Å². The number of aryl methyl sites for hydroxylation is 1. The lowest BCUT2D eigenvalue weighted by Crippen LogP contribution is -2.08. The quantitative estimate of drug-likeness (QED) is 0.742. The minimum absolute atomic E-state index is 0.654. The highest BCUT2D eigenvalue weighted by Crippen LogP contribution is 2.26. The van der Waals surface area contributed by atoms with Crippen molar-refractivity contribution in [3.05, 3.63) is 35.4 Å². The largest absolute Gasteiger partial charge is 0.493 e. The molecule has 1 aromatic carbocycles. The van der Waals surface area contributed by atoms with Crippen LogP contribution in [0.2, 0.25) is 0 Å². The molecule has 94 valence electrons. The summed E-state index contributed by atoms with van der Waals surface area (Å²) in [6, 6.07) is 4.14. The number of hydrogen-bond acceptors (Lipinski definition) is 3. The Morgan fingerprint density at radius 1 is 1.41 bits per heavy atom. The van der Waals surface area contributed by atoms with E-state index in [9.17, 15) is 0 Å². The first kappa shape index (κ1) is 13.6. The molecule has 3 heteroatoms. The molecule has 0 unspecified atom stereocenters. The zero-order valence-corrected chi connectivity index (χ0v) is 11.0. The molecule has 0 amide bonds. The minimum atomic E-state index is 0.654. The number of hydrogen-bond donors (Lipinski definition) is 2. The van der Waals surface area contributed by atoms with Gasteiger partial charge in [-0.15, -0.1) is 0 Å². The summed E-state index contributed by atoms with van der Waals surface area (Å²) in [5.74, 6) is 0.921. The standard InChI is InChI=1S/C14H22N2O/c1-10-8-13(12(3)16-4)9-14(11(10)2)17-7-5-6-15/h8-9,16H,3,5-7,15H2,1-2,4H3. The maximum absolute atomic E-state index is 5.74. The molecule has 0 aliphatic carbocycles. The average Bonchev–Trinajstić information content (AvgIpc) is 2.33. The van der Waals surface area contributed by atoms with Gasteiger partial charge in [0, 0.05) is 18.3 Å². The average molecular weight is 234 g/mol. The fourth-order valence-corrected chi connectivity index (χ4v) is 1.56. The summed E-state index contributed by atoms with van der Waals surface area (Å²) in [5.41, 5.74) is 9.81. The van der Waals surface area contributed by atoms with Crippen LogP contribution in [-0.4, -0.2) is 20.2 Å². The lowest BCUT2D eigenvalue weighted by Gasteiger charge is -2.14. The molecule has 0 atom stereocenters. The van der Waals surface area contributed by atoms with E-state index >= 15 is 0 Å². The van der Waals surface area contributed by atoms with Gasteiger partial charge in [-0.25, -0.2) is 0 Å². The SMILES string of the molecule is C=C(NC)c1cc(C)c(C)c(OCCCN)c1. The molecule has 3 nitrogen and oxygen atoms in total. The van der Waals surface area contributed by atoms with Crippen LogP contribution in [-0.2, 0) is 0 Å². The first-order valence-corrected chi connectivity index (χ1v) is 5.91. The first-order valence-electron chi connectivity index (χ1n) is 5.91. The summed E-state index contributed by atoms with van der Waals surface area (Å²) in [7, 11) is 1.87.